The maximum Gasteiger partial charge on any atom is 0.126 e. The zero-order chi connectivity index (χ0) is 11.4. The predicted octanol–water partition coefficient (Wildman–Crippen LogP) is 3.18. The standard InChI is InChI=1S/C11H13N3S2/c1-8-10(16-7-14-8)6-13-11-4-3-9(15-2)5-12-11/h3-5,7H,6H2,1-2H3,(H,12,13). The summed E-state index contributed by atoms with van der Waals surface area (Å²) in [6.45, 7) is 2.82. The molecule has 2 rings (SSSR count). The predicted molar refractivity (Wildman–Crippen MR) is 70.2 cm³/mol. The van der Waals surface area contributed by atoms with Crippen LogP contribution in [0.5, 0.6) is 0 Å². The molecule has 0 unspecified atom stereocenters. The van der Waals surface area contributed by atoms with E-state index >= 15 is 0 Å². The van der Waals surface area contributed by atoms with Crippen molar-refractivity contribution >= 4 is 28.9 Å². The van der Waals surface area contributed by atoms with Crippen molar-refractivity contribution in [1.29, 1.82) is 0 Å². The minimum atomic E-state index is 0.794. The number of rotatable bonds is 4. The van der Waals surface area contributed by atoms with Crippen molar-refractivity contribution in [3.8, 4) is 0 Å². The van der Waals surface area contributed by atoms with E-state index < -0.39 is 0 Å². The van der Waals surface area contributed by atoms with Gasteiger partial charge in [0.25, 0.3) is 0 Å². The van der Waals surface area contributed by atoms with Gasteiger partial charge in [0.05, 0.1) is 17.7 Å². The van der Waals surface area contributed by atoms with E-state index in [0.29, 0.717) is 0 Å². The molecule has 1 N–H and O–H groups in total. The van der Waals surface area contributed by atoms with E-state index in [2.05, 4.69) is 21.4 Å². The van der Waals surface area contributed by atoms with E-state index in [1.807, 2.05) is 31.0 Å². The normalized spacial score (nSPS) is 10.4. The van der Waals surface area contributed by atoms with Gasteiger partial charge in [0, 0.05) is 16.0 Å². The summed E-state index contributed by atoms with van der Waals surface area (Å²) in [6.07, 6.45) is 3.93. The molecule has 0 atom stereocenters. The topological polar surface area (TPSA) is 37.8 Å². The van der Waals surface area contributed by atoms with Crippen molar-refractivity contribution in [2.45, 2.75) is 18.4 Å². The number of nitrogens with one attached hydrogen (secondary N) is 1. The lowest BCUT2D eigenvalue weighted by Gasteiger charge is -2.04. The molecular formula is C11H13N3S2. The van der Waals surface area contributed by atoms with Crippen molar-refractivity contribution in [3.63, 3.8) is 0 Å². The number of pyridine rings is 1. The first kappa shape index (κ1) is 11.4. The van der Waals surface area contributed by atoms with Crippen LogP contribution in [0.1, 0.15) is 10.6 Å². The lowest BCUT2D eigenvalue weighted by molar-refractivity contribution is 1.09. The summed E-state index contributed by atoms with van der Waals surface area (Å²) in [7, 11) is 0. The maximum absolute atomic E-state index is 4.33. The summed E-state index contributed by atoms with van der Waals surface area (Å²) >= 11 is 3.37. The zero-order valence-electron chi connectivity index (χ0n) is 9.23. The van der Waals surface area contributed by atoms with Crippen molar-refractivity contribution in [2.75, 3.05) is 11.6 Å². The Morgan fingerprint density at radius 1 is 1.38 bits per heavy atom. The molecule has 0 radical (unpaired) electrons. The fourth-order valence-corrected chi connectivity index (χ4v) is 2.35. The van der Waals surface area contributed by atoms with Crippen LogP contribution in [0.3, 0.4) is 0 Å². The highest BCUT2D eigenvalue weighted by molar-refractivity contribution is 7.98. The van der Waals surface area contributed by atoms with E-state index in [1.165, 1.54) is 9.77 Å². The van der Waals surface area contributed by atoms with Crippen molar-refractivity contribution < 1.29 is 0 Å². The summed E-state index contributed by atoms with van der Waals surface area (Å²) in [6, 6.07) is 4.07. The van der Waals surface area contributed by atoms with E-state index in [1.54, 1.807) is 23.1 Å². The molecule has 0 saturated carbocycles. The largest absolute Gasteiger partial charge is 0.365 e. The highest BCUT2D eigenvalue weighted by atomic mass is 32.2. The molecular weight excluding hydrogens is 238 g/mol. The molecule has 2 heterocycles. The van der Waals surface area contributed by atoms with E-state index in [9.17, 15) is 0 Å². The molecule has 0 spiro atoms. The summed E-state index contributed by atoms with van der Waals surface area (Å²) in [5.74, 6) is 0.908. The second-order valence-corrected chi connectivity index (χ2v) is 5.12. The third kappa shape index (κ3) is 2.74. The quantitative estimate of drug-likeness (QED) is 0.847. The fourth-order valence-electron chi connectivity index (χ4n) is 1.27. The van der Waals surface area contributed by atoms with Crippen LogP contribution in [0.25, 0.3) is 0 Å². The molecule has 16 heavy (non-hydrogen) atoms. The van der Waals surface area contributed by atoms with Crippen LogP contribution < -0.4 is 5.32 Å². The molecule has 0 aliphatic heterocycles. The molecule has 0 fully saturated rings. The van der Waals surface area contributed by atoms with Crippen LogP contribution in [0, 0.1) is 6.92 Å². The van der Waals surface area contributed by atoms with Gasteiger partial charge in [0.15, 0.2) is 0 Å². The summed E-state index contributed by atoms with van der Waals surface area (Å²) in [5.41, 5.74) is 2.97. The molecule has 0 aliphatic carbocycles. The lowest BCUT2D eigenvalue weighted by atomic mass is 10.4. The molecule has 0 amide bonds. The van der Waals surface area contributed by atoms with Crippen LogP contribution in [0.15, 0.2) is 28.7 Å². The van der Waals surface area contributed by atoms with Crippen LogP contribution in [-0.4, -0.2) is 16.2 Å². The fraction of sp³-hybridized carbons (Fsp3) is 0.273. The Labute approximate surface area is 103 Å². The molecule has 0 bridgehead atoms. The van der Waals surface area contributed by atoms with Gasteiger partial charge < -0.3 is 5.32 Å². The average molecular weight is 251 g/mol. The number of aromatic nitrogens is 2. The van der Waals surface area contributed by atoms with Crippen molar-refractivity contribution in [1.82, 2.24) is 9.97 Å². The SMILES string of the molecule is CSc1ccc(NCc2scnc2C)nc1. The third-order valence-electron chi connectivity index (χ3n) is 2.25. The number of thiazole rings is 1. The van der Waals surface area contributed by atoms with Gasteiger partial charge in [-0.2, -0.15) is 0 Å². The molecule has 0 saturated heterocycles. The van der Waals surface area contributed by atoms with Gasteiger partial charge in [-0.15, -0.1) is 23.1 Å². The van der Waals surface area contributed by atoms with E-state index in [0.717, 1.165) is 18.1 Å². The molecule has 5 heteroatoms. The second kappa shape index (κ2) is 5.32. The van der Waals surface area contributed by atoms with Gasteiger partial charge in [-0.1, -0.05) is 0 Å². The van der Waals surface area contributed by atoms with E-state index in [4.69, 9.17) is 0 Å². The average Bonchev–Trinajstić information content (AvgIpc) is 2.73. The van der Waals surface area contributed by atoms with Gasteiger partial charge in [-0.3, -0.25) is 0 Å². The Morgan fingerprint density at radius 2 is 2.25 bits per heavy atom. The molecule has 0 aromatic carbocycles. The zero-order valence-corrected chi connectivity index (χ0v) is 10.9. The molecule has 84 valence electrons. The molecule has 2 aromatic heterocycles. The number of aryl methyl sites for hydroxylation is 1. The highest BCUT2D eigenvalue weighted by Crippen LogP contribution is 2.17. The van der Waals surface area contributed by atoms with Crippen LogP contribution in [-0.2, 0) is 6.54 Å². The lowest BCUT2D eigenvalue weighted by Crippen LogP contribution is -2.00. The summed E-state index contributed by atoms with van der Waals surface area (Å²) in [5, 5.41) is 3.29. The van der Waals surface area contributed by atoms with Crippen LogP contribution >= 0.6 is 23.1 Å². The summed E-state index contributed by atoms with van der Waals surface area (Å²) in [4.78, 5) is 11.0. The van der Waals surface area contributed by atoms with Gasteiger partial charge >= 0.3 is 0 Å². The summed E-state index contributed by atoms with van der Waals surface area (Å²) < 4.78 is 0. The minimum absolute atomic E-state index is 0.794. The minimum Gasteiger partial charge on any atom is -0.365 e. The Kier molecular flexibility index (Phi) is 3.79. The Balaban J connectivity index is 1.97. The van der Waals surface area contributed by atoms with Gasteiger partial charge in [0.1, 0.15) is 5.82 Å². The maximum atomic E-state index is 4.33. The second-order valence-electron chi connectivity index (χ2n) is 3.30. The van der Waals surface area contributed by atoms with Crippen molar-refractivity contribution in [3.05, 3.63) is 34.4 Å². The number of hydrogen-bond donors (Lipinski definition) is 1. The highest BCUT2D eigenvalue weighted by Gasteiger charge is 2.01. The molecule has 0 aliphatic rings. The number of anilines is 1. The molecule has 3 nitrogen and oxygen atoms in total. The van der Waals surface area contributed by atoms with Gasteiger partial charge in [-0.25, -0.2) is 9.97 Å². The smallest absolute Gasteiger partial charge is 0.126 e. The first-order valence-corrected chi connectivity index (χ1v) is 7.03. The van der Waals surface area contributed by atoms with Gasteiger partial charge in [0.2, 0.25) is 0 Å². The van der Waals surface area contributed by atoms with E-state index in [-0.39, 0.29) is 0 Å². The van der Waals surface area contributed by atoms with Crippen LogP contribution in [0.2, 0.25) is 0 Å². The molecule has 2 aromatic rings. The first-order chi connectivity index (χ1) is 7.79. The number of nitrogens with zero attached hydrogens (tertiary/aromatic N) is 2. The first-order valence-electron chi connectivity index (χ1n) is 4.92. The number of thioether (sulfide) groups is 1. The van der Waals surface area contributed by atoms with Crippen LogP contribution in [0.4, 0.5) is 5.82 Å². The monoisotopic (exact) mass is 251 g/mol. The number of hydrogen-bond acceptors (Lipinski definition) is 5. The Morgan fingerprint density at radius 3 is 2.81 bits per heavy atom. The van der Waals surface area contributed by atoms with Gasteiger partial charge in [-0.05, 0) is 25.3 Å². The third-order valence-corrected chi connectivity index (χ3v) is 3.89. The Bertz CT molecular complexity index is 451. The Hall–Kier alpha value is -1.07. The van der Waals surface area contributed by atoms with Crippen molar-refractivity contribution in [2.24, 2.45) is 0 Å².